The average Bonchev–Trinajstić information content (AvgIpc) is 2.76. The Balaban J connectivity index is 2.02. The van der Waals surface area contributed by atoms with Crippen molar-refractivity contribution in [1.82, 2.24) is 5.32 Å². The number of hydrogen-bond donors (Lipinski definition) is 1. The Morgan fingerprint density at radius 2 is 1.67 bits per heavy atom. The van der Waals surface area contributed by atoms with Crippen molar-refractivity contribution in [3.8, 4) is 0 Å². The average molecular weight is 247 g/mol. The van der Waals surface area contributed by atoms with E-state index in [4.69, 9.17) is 4.42 Å². The van der Waals surface area contributed by atoms with Gasteiger partial charge in [-0.25, -0.2) is 4.39 Å². The minimum absolute atomic E-state index is 0.124. The minimum Gasteiger partial charge on any atom is -0.465 e. The summed E-state index contributed by atoms with van der Waals surface area (Å²) < 4.78 is 18.4. The molecule has 1 aromatic carbocycles. The van der Waals surface area contributed by atoms with Gasteiger partial charge < -0.3 is 9.73 Å². The van der Waals surface area contributed by atoms with E-state index in [0.29, 0.717) is 0 Å². The maximum atomic E-state index is 12.8. The minimum atomic E-state index is -0.208. The zero-order valence-corrected chi connectivity index (χ0v) is 10.9. The zero-order valence-electron chi connectivity index (χ0n) is 10.9. The van der Waals surface area contributed by atoms with E-state index in [1.165, 1.54) is 12.1 Å². The standard InChI is InChI=1S/C15H18FNO/c1-10-4-9-15(18-10)12(3)17-11(2)13-5-7-14(16)8-6-13/h4-9,11-12,17H,1-3H3/t11-,12?/m1/s1. The number of halogens is 1. The molecule has 0 amide bonds. The quantitative estimate of drug-likeness (QED) is 0.878. The molecule has 18 heavy (non-hydrogen) atoms. The van der Waals surface area contributed by atoms with Gasteiger partial charge in [-0.1, -0.05) is 12.1 Å². The van der Waals surface area contributed by atoms with Crippen LogP contribution in [-0.2, 0) is 0 Å². The zero-order chi connectivity index (χ0) is 13.1. The van der Waals surface area contributed by atoms with Crippen LogP contribution in [-0.4, -0.2) is 0 Å². The fourth-order valence-corrected chi connectivity index (χ4v) is 1.99. The fraction of sp³-hybridized carbons (Fsp3) is 0.333. The van der Waals surface area contributed by atoms with Gasteiger partial charge in [-0.3, -0.25) is 0 Å². The molecule has 0 aliphatic rings. The van der Waals surface area contributed by atoms with Gasteiger partial charge in [-0.05, 0) is 50.6 Å². The Bertz CT molecular complexity index is 503. The highest BCUT2D eigenvalue weighted by molar-refractivity contribution is 5.20. The monoisotopic (exact) mass is 247 g/mol. The van der Waals surface area contributed by atoms with E-state index in [9.17, 15) is 4.39 Å². The first-order chi connectivity index (χ1) is 8.56. The summed E-state index contributed by atoms with van der Waals surface area (Å²) in [5.41, 5.74) is 1.06. The van der Waals surface area contributed by atoms with Crippen molar-refractivity contribution in [3.05, 3.63) is 59.3 Å². The second kappa shape index (κ2) is 5.36. The smallest absolute Gasteiger partial charge is 0.123 e. The summed E-state index contributed by atoms with van der Waals surface area (Å²) in [4.78, 5) is 0. The van der Waals surface area contributed by atoms with Gasteiger partial charge in [0.2, 0.25) is 0 Å². The molecule has 2 rings (SSSR count). The van der Waals surface area contributed by atoms with Gasteiger partial charge in [0.15, 0.2) is 0 Å². The van der Waals surface area contributed by atoms with E-state index in [0.717, 1.165) is 17.1 Å². The summed E-state index contributed by atoms with van der Waals surface area (Å²) in [6.45, 7) is 6.04. The Labute approximate surface area is 107 Å². The van der Waals surface area contributed by atoms with E-state index >= 15 is 0 Å². The number of aryl methyl sites for hydroxylation is 1. The van der Waals surface area contributed by atoms with Crippen LogP contribution >= 0.6 is 0 Å². The number of rotatable bonds is 4. The Hall–Kier alpha value is -1.61. The third-order valence-corrected chi connectivity index (χ3v) is 3.06. The molecule has 2 aromatic rings. The molecule has 0 radical (unpaired) electrons. The molecule has 0 saturated heterocycles. The lowest BCUT2D eigenvalue weighted by Crippen LogP contribution is -2.22. The van der Waals surface area contributed by atoms with E-state index in [2.05, 4.69) is 19.2 Å². The molecule has 0 fully saturated rings. The summed E-state index contributed by atoms with van der Waals surface area (Å²) in [6.07, 6.45) is 0. The predicted molar refractivity (Wildman–Crippen MR) is 69.8 cm³/mol. The molecule has 1 unspecified atom stereocenters. The van der Waals surface area contributed by atoms with E-state index in [-0.39, 0.29) is 17.9 Å². The van der Waals surface area contributed by atoms with Gasteiger partial charge in [0.05, 0.1) is 6.04 Å². The van der Waals surface area contributed by atoms with Crippen LogP contribution in [0.3, 0.4) is 0 Å². The van der Waals surface area contributed by atoms with Gasteiger partial charge in [0.25, 0.3) is 0 Å². The van der Waals surface area contributed by atoms with Crippen molar-refractivity contribution in [2.45, 2.75) is 32.9 Å². The molecule has 1 aromatic heterocycles. The maximum Gasteiger partial charge on any atom is 0.123 e. The molecule has 2 nitrogen and oxygen atoms in total. The van der Waals surface area contributed by atoms with Gasteiger partial charge in [0.1, 0.15) is 17.3 Å². The van der Waals surface area contributed by atoms with Crippen molar-refractivity contribution in [3.63, 3.8) is 0 Å². The van der Waals surface area contributed by atoms with Gasteiger partial charge in [0, 0.05) is 6.04 Å². The molecule has 3 heteroatoms. The van der Waals surface area contributed by atoms with Crippen molar-refractivity contribution in [1.29, 1.82) is 0 Å². The molecule has 0 spiro atoms. The summed E-state index contributed by atoms with van der Waals surface area (Å²) in [6, 6.07) is 10.8. The van der Waals surface area contributed by atoms with Crippen LogP contribution in [0.2, 0.25) is 0 Å². The maximum absolute atomic E-state index is 12.8. The number of furan rings is 1. The fourth-order valence-electron chi connectivity index (χ4n) is 1.99. The number of hydrogen-bond acceptors (Lipinski definition) is 2. The van der Waals surface area contributed by atoms with Crippen LogP contribution in [0.25, 0.3) is 0 Å². The summed E-state index contributed by atoms with van der Waals surface area (Å²) in [7, 11) is 0. The van der Waals surface area contributed by atoms with Gasteiger partial charge >= 0.3 is 0 Å². The first-order valence-corrected chi connectivity index (χ1v) is 6.14. The largest absolute Gasteiger partial charge is 0.465 e. The van der Waals surface area contributed by atoms with Crippen LogP contribution in [0.15, 0.2) is 40.8 Å². The van der Waals surface area contributed by atoms with Crippen LogP contribution in [0.4, 0.5) is 4.39 Å². The highest BCUT2D eigenvalue weighted by Gasteiger charge is 2.13. The Morgan fingerprint density at radius 3 is 2.22 bits per heavy atom. The first-order valence-electron chi connectivity index (χ1n) is 6.14. The van der Waals surface area contributed by atoms with E-state index < -0.39 is 0 Å². The molecule has 1 N–H and O–H groups in total. The van der Waals surface area contributed by atoms with Crippen molar-refractivity contribution in [2.24, 2.45) is 0 Å². The second-order valence-electron chi connectivity index (χ2n) is 4.61. The lowest BCUT2D eigenvalue weighted by molar-refractivity contribution is 0.392. The SMILES string of the molecule is Cc1ccc(C(C)N[C@H](C)c2ccc(F)cc2)o1. The second-order valence-corrected chi connectivity index (χ2v) is 4.61. The highest BCUT2D eigenvalue weighted by atomic mass is 19.1. The van der Waals surface area contributed by atoms with Crippen LogP contribution in [0.5, 0.6) is 0 Å². The normalized spacial score (nSPS) is 14.4. The molecule has 2 atom stereocenters. The van der Waals surface area contributed by atoms with Crippen molar-refractivity contribution in [2.75, 3.05) is 0 Å². The van der Waals surface area contributed by atoms with E-state index in [1.807, 2.05) is 19.1 Å². The van der Waals surface area contributed by atoms with E-state index in [1.54, 1.807) is 12.1 Å². The molecule has 96 valence electrons. The molecule has 0 aliphatic heterocycles. The number of nitrogens with one attached hydrogen (secondary N) is 1. The lowest BCUT2D eigenvalue weighted by atomic mass is 10.1. The summed E-state index contributed by atoms with van der Waals surface area (Å²) in [5, 5.41) is 3.43. The predicted octanol–water partition coefficient (Wildman–Crippen LogP) is 4.14. The molecular weight excluding hydrogens is 229 g/mol. The van der Waals surface area contributed by atoms with Crippen molar-refractivity contribution < 1.29 is 8.81 Å². The van der Waals surface area contributed by atoms with Crippen LogP contribution in [0, 0.1) is 12.7 Å². The van der Waals surface area contributed by atoms with Crippen LogP contribution < -0.4 is 5.32 Å². The molecule has 0 aliphatic carbocycles. The third-order valence-electron chi connectivity index (χ3n) is 3.06. The molecule has 0 saturated carbocycles. The van der Waals surface area contributed by atoms with Gasteiger partial charge in [-0.15, -0.1) is 0 Å². The molecular formula is C15H18FNO. The third kappa shape index (κ3) is 2.99. The van der Waals surface area contributed by atoms with Crippen LogP contribution in [0.1, 0.15) is 43.0 Å². The van der Waals surface area contributed by atoms with Gasteiger partial charge in [-0.2, -0.15) is 0 Å². The molecule has 1 heterocycles. The Kier molecular flexibility index (Phi) is 3.82. The first kappa shape index (κ1) is 12.8. The summed E-state index contributed by atoms with van der Waals surface area (Å²) >= 11 is 0. The van der Waals surface area contributed by atoms with Crippen molar-refractivity contribution >= 4 is 0 Å². The molecule has 0 bridgehead atoms. The highest BCUT2D eigenvalue weighted by Crippen LogP contribution is 2.21. The summed E-state index contributed by atoms with van der Waals surface area (Å²) in [5.74, 6) is 1.62. The topological polar surface area (TPSA) is 25.2 Å². The Morgan fingerprint density at radius 1 is 1.00 bits per heavy atom. The number of benzene rings is 1. The lowest BCUT2D eigenvalue weighted by Gasteiger charge is -2.18.